The Morgan fingerprint density at radius 3 is 1.87 bits per heavy atom. The van der Waals surface area contributed by atoms with Crippen molar-refractivity contribution in [2.24, 2.45) is 33.8 Å². The average molecular weight is 1190 g/mol. The van der Waals surface area contributed by atoms with Crippen LogP contribution in [-0.2, 0) is 58.5 Å². The van der Waals surface area contributed by atoms with Crippen LogP contribution < -0.4 is 42.4 Å². The monoisotopic (exact) mass is 1190 g/mol. The number of imide groups is 1. The molecular weight excluding hydrogens is 1100 g/mol. The van der Waals surface area contributed by atoms with Crippen molar-refractivity contribution in [3.8, 4) is 0 Å². The van der Waals surface area contributed by atoms with Gasteiger partial charge in [0.15, 0.2) is 0 Å². The largest absolute Gasteiger partial charge is 0.380 e. The third kappa shape index (κ3) is 20.1. The van der Waals surface area contributed by atoms with Gasteiger partial charge in [-0.2, -0.15) is 0 Å². The predicted molar refractivity (Wildman–Crippen MR) is 323 cm³/mol. The number of likely N-dealkylation sites (N-methyl/N-ethyl adjacent to an activating group) is 2. The van der Waals surface area contributed by atoms with Gasteiger partial charge < -0.3 is 47.3 Å². The van der Waals surface area contributed by atoms with Crippen LogP contribution in [0.2, 0.25) is 0 Å². The Balaban J connectivity index is 1.78. The van der Waals surface area contributed by atoms with E-state index >= 15 is 0 Å². The number of carbonyl (C=O) groups is 9. The maximum Gasteiger partial charge on any atom is 0.312 e. The van der Waals surface area contributed by atoms with Crippen LogP contribution in [0, 0.1) is 41.9 Å². The van der Waals surface area contributed by atoms with Crippen molar-refractivity contribution in [1.29, 1.82) is 0 Å². The quantitative estimate of drug-likeness (QED) is 0.0290. The van der Waals surface area contributed by atoms with Crippen LogP contribution in [0.25, 0.3) is 0 Å². The molecule has 1 heterocycles. The number of benzene rings is 2. The summed E-state index contributed by atoms with van der Waals surface area (Å²) >= 11 is 0. The Bertz CT molecular complexity index is 2890. The molecular formula is C61H94N10O12S. The van der Waals surface area contributed by atoms with E-state index in [9.17, 15) is 51.6 Å². The van der Waals surface area contributed by atoms with E-state index in [2.05, 4.69) is 36.6 Å². The molecule has 23 heteroatoms. The summed E-state index contributed by atoms with van der Waals surface area (Å²) in [6, 6.07) is 6.64. The molecule has 5 unspecified atom stereocenters. The van der Waals surface area contributed by atoms with E-state index in [4.69, 9.17) is 10.5 Å². The molecule has 2 aromatic carbocycles. The zero-order valence-corrected chi connectivity index (χ0v) is 53.4. The zero-order valence-electron chi connectivity index (χ0n) is 52.5. The molecule has 5 atom stereocenters. The van der Waals surface area contributed by atoms with Gasteiger partial charge in [-0.25, -0.2) is 17.9 Å². The van der Waals surface area contributed by atoms with Gasteiger partial charge in [-0.1, -0.05) is 126 Å². The molecule has 84 heavy (non-hydrogen) atoms. The first kappa shape index (κ1) is 71.3. The van der Waals surface area contributed by atoms with Crippen LogP contribution in [0.15, 0.2) is 71.2 Å². The van der Waals surface area contributed by atoms with Gasteiger partial charge in [-0.3, -0.25) is 43.3 Å². The van der Waals surface area contributed by atoms with Crippen molar-refractivity contribution < 1.29 is 56.3 Å². The van der Waals surface area contributed by atoms with Crippen LogP contribution in [-0.4, -0.2) is 142 Å². The molecule has 0 saturated carbocycles. The summed E-state index contributed by atoms with van der Waals surface area (Å²) in [5.41, 5.74) is 4.20. The van der Waals surface area contributed by atoms with Gasteiger partial charge in [-0.05, 0) is 92.1 Å². The Kier molecular flexibility index (Phi) is 25.2. The first-order valence-electron chi connectivity index (χ1n) is 28.4. The SMILES string of the molecule is CNC(C(=O)NC(C(=O)N(C)C(C=C(C)C(=O)NS(=O)(=O)c1ccc(NC(=O)C(CCCNC(N)=O)NC(=O)C(NC(=O)CC(C)(C)COCC(C)(C)CN2C(=O)C=CC2=O)C(C)C)c(C)c1C)C(C)C)C(C)(C)C)C(C)(C)c1ccccc1. The van der Waals surface area contributed by atoms with Crippen molar-refractivity contribution in [1.82, 2.24) is 41.1 Å². The summed E-state index contributed by atoms with van der Waals surface area (Å²) < 4.78 is 36.2. The number of sulfonamides is 1. The molecule has 1 aliphatic rings. The lowest BCUT2D eigenvalue weighted by Crippen LogP contribution is -2.61. The second-order valence-corrected chi connectivity index (χ2v) is 27.5. The van der Waals surface area contributed by atoms with Gasteiger partial charge >= 0.3 is 6.03 Å². The fraction of sp³-hybridized carbons (Fsp3) is 0.590. The fourth-order valence-electron chi connectivity index (χ4n) is 9.82. The molecule has 9 N–H and O–H groups in total. The molecule has 3 rings (SSSR count). The van der Waals surface area contributed by atoms with Crippen molar-refractivity contribution in [2.45, 2.75) is 171 Å². The highest BCUT2D eigenvalue weighted by molar-refractivity contribution is 7.90. The zero-order chi connectivity index (χ0) is 64.0. The molecule has 0 spiro atoms. The molecule has 466 valence electrons. The number of hydrogen-bond donors (Lipinski definition) is 8. The number of carbonyl (C=O) groups excluding carboxylic acids is 9. The highest BCUT2D eigenvalue weighted by Gasteiger charge is 2.42. The summed E-state index contributed by atoms with van der Waals surface area (Å²) in [6.07, 6.45) is 4.12. The molecule has 0 bridgehead atoms. The van der Waals surface area contributed by atoms with Crippen molar-refractivity contribution in [3.05, 3.63) is 83.0 Å². The number of nitrogens with one attached hydrogen (secondary N) is 7. The smallest absolute Gasteiger partial charge is 0.312 e. The lowest BCUT2D eigenvalue weighted by Gasteiger charge is -2.40. The van der Waals surface area contributed by atoms with Crippen LogP contribution in [0.5, 0.6) is 0 Å². The summed E-state index contributed by atoms with van der Waals surface area (Å²) in [7, 11) is -1.29. The van der Waals surface area contributed by atoms with E-state index in [-0.39, 0.29) is 79.1 Å². The van der Waals surface area contributed by atoms with Crippen LogP contribution in [0.1, 0.15) is 133 Å². The minimum atomic E-state index is -4.55. The minimum absolute atomic E-state index is 0.00195. The molecule has 0 saturated heterocycles. The predicted octanol–water partition coefficient (Wildman–Crippen LogP) is 5.03. The Morgan fingerprint density at radius 2 is 1.33 bits per heavy atom. The Morgan fingerprint density at radius 1 is 0.750 bits per heavy atom. The van der Waals surface area contributed by atoms with Crippen LogP contribution in [0.3, 0.4) is 0 Å². The maximum absolute atomic E-state index is 14.5. The Labute approximate surface area is 497 Å². The number of hydrogen-bond acceptors (Lipinski definition) is 13. The number of nitrogens with zero attached hydrogens (tertiary/aromatic N) is 2. The topological polar surface area (TPSA) is 314 Å². The number of primary amides is 1. The number of urea groups is 1. The van der Waals surface area contributed by atoms with Crippen molar-refractivity contribution in [2.75, 3.05) is 45.7 Å². The maximum atomic E-state index is 14.5. The van der Waals surface area contributed by atoms with Gasteiger partial charge in [-0.15, -0.1) is 0 Å². The summed E-state index contributed by atoms with van der Waals surface area (Å²) in [6.45, 7) is 29.0. The van der Waals surface area contributed by atoms with E-state index in [1.54, 1.807) is 34.9 Å². The first-order chi connectivity index (χ1) is 38.7. The number of nitrogens with two attached hydrogens (primary N) is 1. The fourth-order valence-corrected chi connectivity index (χ4v) is 11.1. The highest BCUT2D eigenvalue weighted by Crippen LogP contribution is 2.31. The molecule has 22 nitrogen and oxygen atoms in total. The van der Waals surface area contributed by atoms with Gasteiger partial charge in [0.2, 0.25) is 29.5 Å². The first-order valence-corrected chi connectivity index (χ1v) is 29.9. The van der Waals surface area contributed by atoms with Gasteiger partial charge in [0.1, 0.15) is 18.1 Å². The van der Waals surface area contributed by atoms with E-state index in [0.717, 1.165) is 10.5 Å². The molecule has 0 fully saturated rings. The lowest BCUT2D eigenvalue weighted by molar-refractivity contribution is -0.141. The Hall–Kier alpha value is -6.98. The van der Waals surface area contributed by atoms with Gasteiger partial charge in [0.25, 0.3) is 27.7 Å². The highest BCUT2D eigenvalue weighted by atomic mass is 32.2. The third-order valence-corrected chi connectivity index (χ3v) is 16.4. The number of amides is 10. The molecule has 1 aliphatic heterocycles. The summed E-state index contributed by atoms with van der Waals surface area (Å²) in [5, 5.41) is 16.9. The molecule has 0 aromatic heterocycles. The number of rotatable bonds is 30. The van der Waals surface area contributed by atoms with E-state index in [1.807, 2.05) is 106 Å². The standard InChI is InChI=1S/C61H94N10O12S/c1-36(2)44(70(18)56(79)51(58(8,9)10)68-55(78)50(63-17)61(15,16)41-23-20-19-21-24-41)31-38(5)52(75)69-84(81,82)45-27-26-42(39(6)40(45)7)65-53(76)43(25-22-30-64-57(62)80)66-54(77)49(37(3)4)67-46(72)32-59(11,12)34-83-35-60(13,14)33-71-47(73)28-29-48(71)74/h19-21,23-24,26-29,31,36-37,43-44,49-51,63H,22,25,30,32-35H2,1-18H3,(H,65,76)(H,66,77)(H,67,72)(H,68,78)(H,69,75)(H3,62,64,80). The van der Waals surface area contributed by atoms with Gasteiger partial charge in [0, 0.05) is 60.8 Å². The summed E-state index contributed by atoms with van der Waals surface area (Å²) in [5.74, 6) is -5.04. The van der Waals surface area contributed by atoms with Gasteiger partial charge in [0.05, 0.1) is 30.2 Å². The average Bonchev–Trinajstić information content (AvgIpc) is 3.87. The lowest BCUT2D eigenvalue weighted by atomic mass is 9.76. The minimum Gasteiger partial charge on any atom is -0.380 e. The molecule has 10 amide bonds. The van der Waals surface area contributed by atoms with Crippen molar-refractivity contribution >= 4 is 69.0 Å². The van der Waals surface area contributed by atoms with E-state index in [1.165, 1.54) is 49.1 Å². The third-order valence-electron chi connectivity index (χ3n) is 14.9. The molecule has 2 aromatic rings. The number of anilines is 1. The normalized spacial score (nSPS) is 15.2. The van der Waals surface area contributed by atoms with Crippen LogP contribution in [0.4, 0.5) is 10.5 Å². The molecule has 0 aliphatic carbocycles. The molecule has 0 radical (unpaired) electrons. The second kappa shape index (κ2) is 29.7. The second-order valence-electron chi connectivity index (χ2n) is 25.8. The van der Waals surface area contributed by atoms with E-state index in [0.29, 0.717) is 5.56 Å². The summed E-state index contributed by atoms with van der Waals surface area (Å²) in [4.78, 5) is 122. The van der Waals surface area contributed by atoms with E-state index < -0.39 is 115 Å². The van der Waals surface area contributed by atoms with Crippen LogP contribution >= 0.6 is 0 Å². The van der Waals surface area contributed by atoms with Crippen molar-refractivity contribution in [3.63, 3.8) is 0 Å². The number of ether oxygens (including phenoxy) is 1.